The Labute approximate surface area is 266 Å². The molecule has 0 aliphatic rings. The monoisotopic (exact) mass is 651 g/mol. The molecule has 0 bridgehead atoms. The van der Waals surface area contributed by atoms with E-state index >= 15 is 0 Å². The summed E-state index contributed by atoms with van der Waals surface area (Å²) in [5.41, 5.74) is 6.34. The van der Waals surface area contributed by atoms with E-state index in [4.69, 9.17) is 67.7 Å². The van der Waals surface area contributed by atoms with E-state index in [1.165, 1.54) is 0 Å². The van der Waals surface area contributed by atoms with Crippen molar-refractivity contribution >= 4 is 11.7 Å². The van der Waals surface area contributed by atoms with Crippen LogP contribution in [0.5, 0.6) is 5.75 Å². The maximum atomic E-state index is 10.3. The third-order valence-electron chi connectivity index (χ3n) is 5.32. The Bertz CT molecular complexity index is 759. The Morgan fingerprint density at radius 1 is 0.422 bits per heavy atom. The number of anilines is 1. The Morgan fingerprint density at radius 2 is 0.667 bits per heavy atom. The molecule has 0 radical (unpaired) electrons. The number of benzene rings is 1. The Kier molecular flexibility index (Phi) is 30.2. The number of nitrogen functional groups attached to an aromatic ring is 1. The molecule has 0 aliphatic carbocycles. The van der Waals surface area contributed by atoms with E-state index in [2.05, 4.69) is 0 Å². The van der Waals surface area contributed by atoms with Gasteiger partial charge in [0.2, 0.25) is 0 Å². The summed E-state index contributed by atoms with van der Waals surface area (Å²) in [5, 5.41) is 8.42. The number of ether oxygens (including phenoxy) is 12. The molecule has 0 aliphatic heterocycles. The van der Waals surface area contributed by atoms with Gasteiger partial charge in [-0.05, 0) is 24.3 Å². The molecule has 0 saturated carbocycles. The molecule has 262 valence electrons. The lowest BCUT2D eigenvalue weighted by Crippen LogP contribution is -2.15. The van der Waals surface area contributed by atoms with E-state index in [1.807, 2.05) is 12.1 Å². The first-order valence-corrected chi connectivity index (χ1v) is 15.2. The highest BCUT2D eigenvalue weighted by Crippen LogP contribution is 2.12. The molecular formula is C30H53NO14. The number of nitrogens with two attached hydrogens (primary N) is 1. The molecule has 0 fully saturated rings. The van der Waals surface area contributed by atoms with Crippen LogP contribution in [-0.2, 0) is 56.9 Å². The van der Waals surface area contributed by atoms with E-state index in [-0.39, 0.29) is 13.2 Å². The normalized spacial score (nSPS) is 11.3. The average molecular weight is 652 g/mol. The lowest BCUT2D eigenvalue weighted by Gasteiger charge is -2.09. The van der Waals surface area contributed by atoms with Crippen molar-refractivity contribution in [2.45, 2.75) is 0 Å². The molecule has 1 aromatic carbocycles. The first kappa shape index (κ1) is 40.9. The van der Waals surface area contributed by atoms with Crippen molar-refractivity contribution in [3.05, 3.63) is 24.3 Å². The summed E-state index contributed by atoms with van der Waals surface area (Å²) < 4.78 is 64.6. The third-order valence-corrected chi connectivity index (χ3v) is 5.32. The zero-order valence-electron chi connectivity index (χ0n) is 26.4. The SMILES string of the molecule is Nc1ccc(OCCOCCOCCOCCOCCOCCOCCOCCOCCOCCOCCOCC(=O)O)cc1. The second-order valence-electron chi connectivity index (χ2n) is 8.99. The van der Waals surface area contributed by atoms with Crippen molar-refractivity contribution in [1.82, 2.24) is 0 Å². The van der Waals surface area contributed by atoms with Crippen LogP contribution in [0.4, 0.5) is 5.69 Å². The average Bonchev–Trinajstić information content (AvgIpc) is 3.03. The van der Waals surface area contributed by atoms with Crippen LogP contribution in [-0.4, -0.2) is 163 Å². The molecule has 0 amide bonds. The molecule has 0 atom stereocenters. The van der Waals surface area contributed by atoms with Crippen LogP contribution in [0.1, 0.15) is 0 Å². The first-order chi connectivity index (χ1) is 22.2. The van der Waals surface area contributed by atoms with E-state index in [1.54, 1.807) is 12.1 Å². The maximum Gasteiger partial charge on any atom is 0.329 e. The molecule has 0 unspecified atom stereocenters. The van der Waals surface area contributed by atoms with E-state index in [0.29, 0.717) is 144 Å². The molecule has 0 aromatic heterocycles. The zero-order valence-corrected chi connectivity index (χ0v) is 26.4. The number of hydrogen-bond acceptors (Lipinski definition) is 14. The number of carboxylic acid groups (broad SMARTS) is 1. The van der Waals surface area contributed by atoms with Crippen LogP contribution in [0.3, 0.4) is 0 Å². The lowest BCUT2D eigenvalue weighted by atomic mass is 10.3. The summed E-state index contributed by atoms with van der Waals surface area (Å²) in [5.74, 6) is -0.231. The number of carbonyl (C=O) groups is 1. The largest absolute Gasteiger partial charge is 0.491 e. The highest BCUT2D eigenvalue weighted by atomic mass is 16.6. The molecule has 45 heavy (non-hydrogen) atoms. The van der Waals surface area contributed by atoms with Crippen LogP contribution in [0.25, 0.3) is 0 Å². The van der Waals surface area contributed by atoms with Crippen LogP contribution in [0.2, 0.25) is 0 Å². The summed E-state index contributed by atoms with van der Waals surface area (Å²) in [6.07, 6.45) is 0. The topological polar surface area (TPSA) is 174 Å². The molecule has 0 saturated heterocycles. The zero-order chi connectivity index (χ0) is 32.3. The Balaban J connectivity index is 1.62. The van der Waals surface area contributed by atoms with E-state index in [9.17, 15) is 4.79 Å². The van der Waals surface area contributed by atoms with Crippen molar-refractivity contribution in [1.29, 1.82) is 0 Å². The summed E-state index contributed by atoms with van der Waals surface area (Å²) in [6, 6.07) is 7.24. The standard InChI is InChI=1S/C30H53NO14/c31-28-1-3-29(4-2-28)45-26-25-43-22-21-41-18-17-39-14-13-37-10-9-35-6-5-34-7-8-36-11-12-38-15-16-40-19-20-42-23-24-44-27-30(32)33/h1-4H,5-27,31H2,(H,32,33). The van der Waals surface area contributed by atoms with Crippen molar-refractivity contribution in [2.24, 2.45) is 0 Å². The molecule has 15 heteroatoms. The van der Waals surface area contributed by atoms with Gasteiger partial charge >= 0.3 is 5.97 Å². The van der Waals surface area contributed by atoms with E-state index in [0.717, 1.165) is 5.75 Å². The van der Waals surface area contributed by atoms with Gasteiger partial charge in [0.15, 0.2) is 0 Å². The lowest BCUT2D eigenvalue weighted by molar-refractivity contribution is -0.142. The van der Waals surface area contributed by atoms with Crippen LogP contribution < -0.4 is 10.5 Å². The molecule has 3 N–H and O–H groups in total. The minimum atomic E-state index is -0.997. The quantitative estimate of drug-likeness (QED) is 0.0774. The van der Waals surface area contributed by atoms with Crippen molar-refractivity contribution in [3.8, 4) is 5.75 Å². The second-order valence-corrected chi connectivity index (χ2v) is 8.99. The number of hydrogen-bond donors (Lipinski definition) is 2. The predicted molar refractivity (Wildman–Crippen MR) is 163 cm³/mol. The highest BCUT2D eigenvalue weighted by molar-refractivity contribution is 5.67. The van der Waals surface area contributed by atoms with Gasteiger partial charge in [0.25, 0.3) is 0 Å². The molecule has 0 heterocycles. The molecule has 1 rings (SSSR count). The Hall–Kier alpha value is -2.15. The minimum absolute atomic E-state index is 0.240. The fourth-order valence-electron chi connectivity index (χ4n) is 3.14. The van der Waals surface area contributed by atoms with Gasteiger partial charge in [0, 0.05) is 5.69 Å². The first-order valence-electron chi connectivity index (χ1n) is 15.2. The fourth-order valence-corrected chi connectivity index (χ4v) is 3.14. The van der Waals surface area contributed by atoms with Crippen LogP contribution in [0.15, 0.2) is 24.3 Å². The molecule has 1 aromatic rings. The molecule has 15 nitrogen and oxygen atoms in total. The van der Waals surface area contributed by atoms with Crippen molar-refractivity contribution < 1.29 is 66.7 Å². The van der Waals surface area contributed by atoms with Gasteiger partial charge in [-0.2, -0.15) is 0 Å². The highest BCUT2D eigenvalue weighted by Gasteiger charge is 1.98. The fraction of sp³-hybridized carbons (Fsp3) is 0.767. The van der Waals surface area contributed by atoms with Gasteiger partial charge in [-0.1, -0.05) is 0 Å². The van der Waals surface area contributed by atoms with Gasteiger partial charge in [-0.25, -0.2) is 4.79 Å². The Morgan fingerprint density at radius 3 is 0.933 bits per heavy atom. The van der Waals surface area contributed by atoms with E-state index < -0.39 is 5.97 Å². The number of rotatable bonds is 36. The van der Waals surface area contributed by atoms with Crippen LogP contribution in [0, 0.1) is 0 Å². The number of aliphatic carboxylic acids is 1. The third kappa shape index (κ3) is 31.6. The van der Waals surface area contributed by atoms with Crippen molar-refractivity contribution in [3.63, 3.8) is 0 Å². The minimum Gasteiger partial charge on any atom is -0.491 e. The van der Waals surface area contributed by atoms with Gasteiger partial charge in [-0.15, -0.1) is 0 Å². The second kappa shape index (κ2) is 33.2. The summed E-state index contributed by atoms with van der Waals surface area (Å²) >= 11 is 0. The smallest absolute Gasteiger partial charge is 0.329 e. The molecule has 0 spiro atoms. The van der Waals surface area contributed by atoms with Crippen molar-refractivity contribution in [2.75, 3.05) is 158 Å². The maximum absolute atomic E-state index is 10.3. The predicted octanol–water partition coefficient (Wildman–Crippen LogP) is 0.915. The van der Waals surface area contributed by atoms with Crippen LogP contribution >= 0.6 is 0 Å². The summed E-state index contributed by atoms with van der Waals surface area (Å²) in [4.78, 5) is 10.3. The summed E-state index contributed by atoms with van der Waals surface area (Å²) in [6.45, 7) is 9.84. The summed E-state index contributed by atoms with van der Waals surface area (Å²) in [7, 11) is 0. The van der Waals surface area contributed by atoms with Gasteiger partial charge < -0.3 is 67.7 Å². The van der Waals surface area contributed by atoms with Gasteiger partial charge in [-0.3, -0.25) is 0 Å². The van der Waals surface area contributed by atoms with Gasteiger partial charge in [0.05, 0.1) is 139 Å². The number of carboxylic acids is 1. The van der Waals surface area contributed by atoms with Gasteiger partial charge in [0.1, 0.15) is 19.0 Å². The molecular weight excluding hydrogens is 598 g/mol.